The molecule has 0 N–H and O–H groups in total. The maximum absolute atomic E-state index is 13.8. The summed E-state index contributed by atoms with van der Waals surface area (Å²) < 4.78 is 7.43. The van der Waals surface area contributed by atoms with E-state index in [1.807, 2.05) is 68.4 Å². The van der Waals surface area contributed by atoms with Crippen LogP contribution in [0.3, 0.4) is 0 Å². The molecule has 41 heavy (non-hydrogen) atoms. The molecule has 0 bridgehead atoms. The fourth-order valence-electron chi connectivity index (χ4n) is 5.23. The lowest BCUT2D eigenvalue weighted by atomic mass is 10.1. The summed E-state index contributed by atoms with van der Waals surface area (Å²) in [6, 6.07) is 22.4. The second kappa shape index (κ2) is 11.3. The SMILES string of the molecule is COc1ccc(-c2cc(C(=O)N3CCN(C(=O)c4ccc(C)c([N+](=O)[O-])c4)CC3)c(C)n2-c2ccc(C)cc2)cc1. The van der Waals surface area contributed by atoms with E-state index < -0.39 is 4.92 Å². The number of benzene rings is 3. The summed E-state index contributed by atoms with van der Waals surface area (Å²) in [4.78, 5) is 41.2. The van der Waals surface area contributed by atoms with Gasteiger partial charge in [-0.2, -0.15) is 0 Å². The van der Waals surface area contributed by atoms with Crippen molar-refractivity contribution in [3.05, 3.63) is 111 Å². The van der Waals surface area contributed by atoms with Crippen molar-refractivity contribution in [2.45, 2.75) is 20.8 Å². The molecule has 1 saturated heterocycles. The minimum absolute atomic E-state index is 0.0779. The summed E-state index contributed by atoms with van der Waals surface area (Å²) in [7, 11) is 1.63. The van der Waals surface area contributed by atoms with Crippen molar-refractivity contribution in [3.8, 4) is 22.7 Å². The van der Waals surface area contributed by atoms with Crippen molar-refractivity contribution in [1.29, 1.82) is 0 Å². The first-order chi connectivity index (χ1) is 19.7. The monoisotopic (exact) mass is 552 g/mol. The molecule has 0 saturated carbocycles. The molecule has 4 aromatic rings. The van der Waals surface area contributed by atoms with E-state index in [0.29, 0.717) is 37.3 Å². The van der Waals surface area contributed by atoms with Crippen molar-refractivity contribution >= 4 is 17.5 Å². The van der Waals surface area contributed by atoms with E-state index in [-0.39, 0.29) is 23.1 Å². The van der Waals surface area contributed by atoms with Crippen LogP contribution in [0.4, 0.5) is 5.69 Å². The second-order valence-electron chi connectivity index (χ2n) is 10.3. The molecule has 2 heterocycles. The molecular weight excluding hydrogens is 520 g/mol. The van der Waals surface area contributed by atoms with E-state index in [4.69, 9.17) is 4.74 Å². The van der Waals surface area contributed by atoms with Gasteiger partial charge in [0.15, 0.2) is 0 Å². The molecule has 0 atom stereocenters. The first-order valence-corrected chi connectivity index (χ1v) is 13.5. The fraction of sp³-hybridized carbons (Fsp3) is 0.250. The molecule has 210 valence electrons. The van der Waals surface area contributed by atoms with Gasteiger partial charge in [-0.3, -0.25) is 19.7 Å². The standard InChI is InChI=1S/C32H32N4O5/c1-21-5-11-26(12-6-21)35-23(3)28(20-30(35)24-9-13-27(41-4)14-10-24)32(38)34-17-15-33(16-18-34)31(37)25-8-7-22(2)29(19-25)36(39)40/h5-14,19-20H,15-18H2,1-4H3. The molecule has 2 amide bonds. The van der Waals surface area contributed by atoms with Crippen molar-refractivity contribution in [2.75, 3.05) is 33.3 Å². The molecule has 9 nitrogen and oxygen atoms in total. The number of carbonyl (C=O) groups is 2. The molecule has 0 aliphatic carbocycles. The number of amides is 2. The van der Waals surface area contributed by atoms with Crippen molar-refractivity contribution in [1.82, 2.24) is 14.4 Å². The van der Waals surface area contributed by atoms with Crippen LogP contribution in [-0.2, 0) is 0 Å². The van der Waals surface area contributed by atoms with Crippen LogP contribution in [-0.4, -0.2) is 64.4 Å². The quantitative estimate of drug-likeness (QED) is 0.230. The smallest absolute Gasteiger partial charge is 0.273 e. The number of hydrogen-bond donors (Lipinski definition) is 0. The fourth-order valence-corrected chi connectivity index (χ4v) is 5.23. The number of aryl methyl sites for hydroxylation is 2. The normalized spacial score (nSPS) is 13.3. The second-order valence-corrected chi connectivity index (χ2v) is 10.3. The summed E-state index contributed by atoms with van der Waals surface area (Å²) >= 11 is 0. The van der Waals surface area contributed by atoms with Crippen LogP contribution in [0.2, 0.25) is 0 Å². The van der Waals surface area contributed by atoms with E-state index in [1.165, 1.54) is 6.07 Å². The molecule has 0 unspecified atom stereocenters. The Morgan fingerprint density at radius 3 is 2.00 bits per heavy atom. The van der Waals surface area contributed by atoms with Gasteiger partial charge in [0.2, 0.25) is 0 Å². The third kappa shape index (κ3) is 5.43. The van der Waals surface area contributed by atoms with Gasteiger partial charge in [0, 0.05) is 54.8 Å². The topological polar surface area (TPSA) is 97.9 Å². The molecule has 0 radical (unpaired) electrons. The number of nitrogens with zero attached hydrogens (tertiary/aromatic N) is 4. The van der Waals surface area contributed by atoms with Crippen LogP contribution in [0.15, 0.2) is 72.8 Å². The maximum Gasteiger partial charge on any atom is 0.273 e. The zero-order chi connectivity index (χ0) is 29.3. The lowest BCUT2D eigenvalue weighted by Gasteiger charge is -2.34. The molecule has 1 aliphatic heterocycles. The average Bonchev–Trinajstić information content (AvgIpc) is 3.33. The minimum atomic E-state index is -0.478. The van der Waals surface area contributed by atoms with Crippen LogP contribution in [0.5, 0.6) is 5.75 Å². The number of nitro groups is 1. The van der Waals surface area contributed by atoms with Gasteiger partial charge in [-0.15, -0.1) is 0 Å². The van der Waals surface area contributed by atoms with Crippen LogP contribution in [0, 0.1) is 30.9 Å². The number of carbonyl (C=O) groups excluding carboxylic acids is 2. The minimum Gasteiger partial charge on any atom is -0.497 e. The Bertz CT molecular complexity index is 1620. The van der Waals surface area contributed by atoms with E-state index in [9.17, 15) is 19.7 Å². The first-order valence-electron chi connectivity index (χ1n) is 13.5. The van der Waals surface area contributed by atoms with Crippen LogP contribution in [0.25, 0.3) is 16.9 Å². The molecule has 3 aromatic carbocycles. The van der Waals surface area contributed by atoms with Crippen molar-refractivity contribution in [3.63, 3.8) is 0 Å². The van der Waals surface area contributed by atoms with Gasteiger partial charge < -0.3 is 19.1 Å². The Hall–Kier alpha value is -4.92. The highest BCUT2D eigenvalue weighted by atomic mass is 16.6. The summed E-state index contributed by atoms with van der Waals surface area (Å²) in [5.74, 6) is 0.382. The first kappa shape index (κ1) is 27.6. The zero-order valence-electron chi connectivity index (χ0n) is 23.6. The van der Waals surface area contributed by atoms with Crippen molar-refractivity contribution in [2.24, 2.45) is 0 Å². The molecule has 5 rings (SSSR count). The highest BCUT2D eigenvalue weighted by Crippen LogP contribution is 2.32. The van der Waals surface area contributed by atoms with E-state index in [1.54, 1.807) is 36.0 Å². The predicted molar refractivity (Wildman–Crippen MR) is 157 cm³/mol. The summed E-state index contributed by atoms with van der Waals surface area (Å²) in [5, 5.41) is 11.3. The third-order valence-electron chi connectivity index (χ3n) is 7.66. The van der Waals surface area contributed by atoms with Crippen LogP contribution < -0.4 is 4.74 Å². The van der Waals surface area contributed by atoms with Gasteiger partial charge in [0.25, 0.3) is 17.5 Å². The number of rotatable bonds is 6. The van der Waals surface area contributed by atoms with Gasteiger partial charge in [0.05, 0.1) is 23.3 Å². The number of piperazine rings is 1. The molecule has 1 aromatic heterocycles. The van der Waals surface area contributed by atoms with Gasteiger partial charge in [-0.25, -0.2) is 0 Å². The summed E-state index contributed by atoms with van der Waals surface area (Å²) in [6.45, 7) is 7.05. The highest BCUT2D eigenvalue weighted by molar-refractivity contribution is 5.98. The van der Waals surface area contributed by atoms with E-state index >= 15 is 0 Å². The summed E-state index contributed by atoms with van der Waals surface area (Å²) in [5.41, 5.74) is 6.09. The number of ether oxygens (including phenoxy) is 1. The van der Waals surface area contributed by atoms with E-state index in [0.717, 1.165) is 34.0 Å². The molecule has 1 fully saturated rings. The van der Waals surface area contributed by atoms with E-state index in [2.05, 4.69) is 4.57 Å². The number of nitro benzene ring substituents is 1. The molecule has 0 spiro atoms. The van der Waals surface area contributed by atoms with Crippen LogP contribution in [0.1, 0.15) is 37.5 Å². The van der Waals surface area contributed by atoms with Gasteiger partial charge in [-0.1, -0.05) is 23.8 Å². The Morgan fingerprint density at radius 2 is 1.41 bits per heavy atom. The Kier molecular flexibility index (Phi) is 7.61. The number of methoxy groups -OCH3 is 1. The Morgan fingerprint density at radius 1 is 0.805 bits per heavy atom. The highest BCUT2D eigenvalue weighted by Gasteiger charge is 2.29. The molecule has 9 heteroatoms. The average molecular weight is 553 g/mol. The predicted octanol–water partition coefficient (Wildman–Crippen LogP) is 5.58. The lowest BCUT2D eigenvalue weighted by Crippen LogP contribution is -2.50. The summed E-state index contributed by atoms with van der Waals surface area (Å²) in [6.07, 6.45) is 0. The van der Waals surface area contributed by atoms with Gasteiger partial charge in [0.1, 0.15) is 5.75 Å². The van der Waals surface area contributed by atoms with Gasteiger partial charge >= 0.3 is 0 Å². The number of aromatic nitrogens is 1. The van der Waals surface area contributed by atoms with Crippen molar-refractivity contribution < 1.29 is 19.2 Å². The third-order valence-corrected chi connectivity index (χ3v) is 7.66. The Labute approximate surface area is 238 Å². The van der Waals surface area contributed by atoms with Gasteiger partial charge in [-0.05, 0) is 74.9 Å². The largest absolute Gasteiger partial charge is 0.497 e. The Balaban J connectivity index is 1.39. The molecule has 1 aliphatic rings. The molecular formula is C32H32N4O5. The zero-order valence-corrected chi connectivity index (χ0v) is 23.6. The lowest BCUT2D eigenvalue weighted by molar-refractivity contribution is -0.385. The number of hydrogen-bond acceptors (Lipinski definition) is 5. The van der Waals surface area contributed by atoms with Crippen LogP contribution >= 0.6 is 0 Å². The maximum atomic E-state index is 13.8.